The first kappa shape index (κ1) is 9.61. The van der Waals surface area contributed by atoms with Crippen molar-refractivity contribution >= 4 is 0 Å². The highest BCUT2D eigenvalue weighted by molar-refractivity contribution is 5.03. The molecule has 1 fully saturated rings. The van der Waals surface area contributed by atoms with Gasteiger partial charge >= 0.3 is 0 Å². The van der Waals surface area contributed by atoms with E-state index in [-0.39, 0.29) is 5.41 Å². The Kier molecular flexibility index (Phi) is 2.49. The van der Waals surface area contributed by atoms with Gasteiger partial charge < -0.3 is 5.11 Å². The Labute approximate surface area is 75.2 Å². The third-order valence-electron chi connectivity index (χ3n) is 3.33. The van der Waals surface area contributed by atoms with Gasteiger partial charge in [-0.05, 0) is 31.1 Å². The van der Waals surface area contributed by atoms with Crippen LogP contribution in [0.5, 0.6) is 0 Å². The maximum atomic E-state index is 10.1. The van der Waals surface area contributed by atoms with Gasteiger partial charge in [-0.25, -0.2) is 0 Å². The minimum atomic E-state index is -0.427. The second-order valence-electron chi connectivity index (χ2n) is 4.47. The topological polar surface area (TPSA) is 20.2 Å². The van der Waals surface area contributed by atoms with Crippen LogP contribution in [0.3, 0.4) is 0 Å². The van der Waals surface area contributed by atoms with Crippen molar-refractivity contribution in [2.75, 3.05) is 0 Å². The van der Waals surface area contributed by atoms with E-state index in [0.717, 1.165) is 32.1 Å². The molecule has 1 unspecified atom stereocenters. The maximum absolute atomic E-state index is 10.1. The molecule has 0 spiro atoms. The molecule has 12 heavy (non-hydrogen) atoms. The Balaban J connectivity index is 2.36. The molecule has 0 radical (unpaired) electrons. The van der Waals surface area contributed by atoms with Gasteiger partial charge in [-0.1, -0.05) is 13.8 Å². The molecule has 1 saturated carbocycles. The third-order valence-corrected chi connectivity index (χ3v) is 3.33. The van der Waals surface area contributed by atoms with Crippen LogP contribution in [0, 0.1) is 17.8 Å². The first-order valence-electron chi connectivity index (χ1n) is 4.68. The SMILES string of the molecule is C#CCCCC1(O)CCC1(C)C. The largest absolute Gasteiger partial charge is 0.389 e. The molecule has 68 valence electrons. The fourth-order valence-corrected chi connectivity index (χ4v) is 1.86. The van der Waals surface area contributed by atoms with E-state index in [0.29, 0.717) is 0 Å². The molecule has 0 aromatic carbocycles. The van der Waals surface area contributed by atoms with E-state index in [1.54, 1.807) is 0 Å². The molecule has 0 heterocycles. The van der Waals surface area contributed by atoms with Crippen molar-refractivity contribution in [3.63, 3.8) is 0 Å². The number of unbranched alkanes of at least 4 members (excludes halogenated alkanes) is 1. The first-order chi connectivity index (χ1) is 5.52. The molecule has 1 nitrogen and oxygen atoms in total. The van der Waals surface area contributed by atoms with E-state index in [9.17, 15) is 5.11 Å². The van der Waals surface area contributed by atoms with E-state index < -0.39 is 5.60 Å². The molecule has 1 atom stereocenters. The number of terminal acetylenes is 1. The lowest BCUT2D eigenvalue weighted by Crippen LogP contribution is -2.53. The van der Waals surface area contributed by atoms with Crippen LogP contribution in [-0.4, -0.2) is 10.7 Å². The van der Waals surface area contributed by atoms with Crippen LogP contribution < -0.4 is 0 Å². The highest BCUT2D eigenvalue weighted by atomic mass is 16.3. The molecule has 1 rings (SSSR count). The Morgan fingerprint density at radius 2 is 2.08 bits per heavy atom. The quantitative estimate of drug-likeness (QED) is 0.504. The minimum Gasteiger partial charge on any atom is -0.389 e. The van der Waals surface area contributed by atoms with E-state index in [2.05, 4.69) is 19.8 Å². The second kappa shape index (κ2) is 3.11. The smallest absolute Gasteiger partial charge is 0.0699 e. The van der Waals surface area contributed by atoms with Crippen molar-refractivity contribution in [2.45, 2.75) is 51.6 Å². The Morgan fingerprint density at radius 1 is 1.42 bits per heavy atom. The van der Waals surface area contributed by atoms with Crippen LogP contribution in [0.25, 0.3) is 0 Å². The normalized spacial score (nSPS) is 32.2. The molecule has 0 aromatic heterocycles. The summed E-state index contributed by atoms with van der Waals surface area (Å²) in [6, 6.07) is 0. The summed E-state index contributed by atoms with van der Waals surface area (Å²) >= 11 is 0. The van der Waals surface area contributed by atoms with Gasteiger partial charge in [0.05, 0.1) is 5.60 Å². The summed E-state index contributed by atoms with van der Waals surface area (Å²) in [4.78, 5) is 0. The predicted octanol–water partition coefficient (Wildman–Crippen LogP) is 2.34. The molecule has 1 N–H and O–H groups in total. The molecule has 1 aliphatic carbocycles. The van der Waals surface area contributed by atoms with Crippen LogP contribution in [0.2, 0.25) is 0 Å². The predicted molar refractivity (Wildman–Crippen MR) is 50.6 cm³/mol. The first-order valence-corrected chi connectivity index (χ1v) is 4.68. The summed E-state index contributed by atoms with van der Waals surface area (Å²) in [5.41, 5.74) is -0.314. The number of hydrogen-bond acceptors (Lipinski definition) is 1. The summed E-state index contributed by atoms with van der Waals surface area (Å²) in [6.45, 7) is 4.26. The van der Waals surface area contributed by atoms with Crippen molar-refractivity contribution in [1.82, 2.24) is 0 Å². The maximum Gasteiger partial charge on any atom is 0.0699 e. The summed E-state index contributed by atoms with van der Waals surface area (Å²) < 4.78 is 0. The van der Waals surface area contributed by atoms with Gasteiger partial charge in [0.2, 0.25) is 0 Å². The van der Waals surface area contributed by atoms with Gasteiger partial charge in [0.25, 0.3) is 0 Å². The van der Waals surface area contributed by atoms with E-state index in [4.69, 9.17) is 6.42 Å². The Morgan fingerprint density at radius 3 is 2.42 bits per heavy atom. The lowest BCUT2D eigenvalue weighted by Gasteiger charge is -2.53. The number of rotatable bonds is 3. The average molecular weight is 166 g/mol. The van der Waals surface area contributed by atoms with Crippen LogP contribution in [0.15, 0.2) is 0 Å². The Bertz CT molecular complexity index is 200. The monoisotopic (exact) mass is 166 g/mol. The second-order valence-corrected chi connectivity index (χ2v) is 4.47. The standard InChI is InChI=1S/C11H18O/c1-4-5-6-7-11(12)9-8-10(11,2)3/h1,12H,5-9H2,2-3H3. The Hall–Kier alpha value is -0.480. The zero-order chi connectivity index (χ0) is 9.24. The molecule has 0 saturated heterocycles. The zero-order valence-electron chi connectivity index (χ0n) is 8.06. The minimum absolute atomic E-state index is 0.113. The van der Waals surface area contributed by atoms with Gasteiger partial charge in [0, 0.05) is 6.42 Å². The molecular weight excluding hydrogens is 148 g/mol. The summed E-state index contributed by atoms with van der Waals surface area (Å²) in [5, 5.41) is 10.1. The van der Waals surface area contributed by atoms with Crippen molar-refractivity contribution in [3.8, 4) is 12.3 Å². The molecule has 0 bridgehead atoms. The van der Waals surface area contributed by atoms with Crippen molar-refractivity contribution < 1.29 is 5.11 Å². The van der Waals surface area contributed by atoms with Crippen LogP contribution in [0.1, 0.15) is 46.0 Å². The van der Waals surface area contributed by atoms with E-state index >= 15 is 0 Å². The molecule has 0 aromatic rings. The van der Waals surface area contributed by atoms with Crippen molar-refractivity contribution in [1.29, 1.82) is 0 Å². The molecule has 0 aliphatic heterocycles. The van der Waals surface area contributed by atoms with Crippen LogP contribution >= 0.6 is 0 Å². The van der Waals surface area contributed by atoms with Crippen molar-refractivity contribution in [2.24, 2.45) is 5.41 Å². The van der Waals surface area contributed by atoms with E-state index in [1.807, 2.05) is 0 Å². The number of aliphatic hydroxyl groups is 1. The van der Waals surface area contributed by atoms with E-state index in [1.165, 1.54) is 0 Å². The lowest BCUT2D eigenvalue weighted by molar-refractivity contribution is -0.153. The molecule has 1 heteroatoms. The van der Waals surface area contributed by atoms with Gasteiger partial charge in [-0.3, -0.25) is 0 Å². The third kappa shape index (κ3) is 1.49. The lowest BCUT2D eigenvalue weighted by atomic mass is 9.57. The van der Waals surface area contributed by atoms with Crippen molar-refractivity contribution in [3.05, 3.63) is 0 Å². The fraction of sp³-hybridized carbons (Fsp3) is 0.818. The number of hydrogen-bond donors (Lipinski definition) is 1. The average Bonchev–Trinajstić information content (AvgIpc) is 2.03. The molecule has 0 amide bonds. The summed E-state index contributed by atoms with van der Waals surface area (Å²) in [5.74, 6) is 2.60. The van der Waals surface area contributed by atoms with Gasteiger partial charge in [0.1, 0.15) is 0 Å². The van der Waals surface area contributed by atoms with Gasteiger partial charge in [-0.2, -0.15) is 0 Å². The highest BCUT2D eigenvalue weighted by Crippen LogP contribution is 2.51. The zero-order valence-corrected chi connectivity index (χ0v) is 8.06. The highest BCUT2D eigenvalue weighted by Gasteiger charge is 2.50. The summed E-state index contributed by atoms with van der Waals surface area (Å²) in [6.07, 6.45) is 9.85. The van der Waals surface area contributed by atoms with Gasteiger partial charge in [0.15, 0.2) is 0 Å². The molecule has 1 aliphatic rings. The van der Waals surface area contributed by atoms with Crippen LogP contribution in [-0.2, 0) is 0 Å². The summed E-state index contributed by atoms with van der Waals surface area (Å²) in [7, 11) is 0. The van der Waals surface area contributed by atoms with Gasteiger partial charge in [-0.15, -0.1) is 12.3 Å². The fourth-order valence-electron chi connectivity index (χ4n) is 1.86. The van der Waals surface area contributed by atoms with Crippen LogP contribution in [0.4, 0.5) is 0 Å². The molecular formula is C11H18O.